The fourth-order valence-corrected chi connectivity index (χ4v) is 1.76. The summed E-state index contributed by atoms with van der Waals surface area (Å²) in [6, 6.07) is 7.60. The molecule has 0 amide bonds. The molecule has 2 heteroatoms. The molecule has 0 saturated carbocycles. The molecule has 0 aliphatic carbocycles. The Morgan fingerprint density at radius 2 is 2.21 bits per heavy atom. The van der Waals surface area contributed by atoms with Crippen LogP contribution in [0.15, 0.2) is 36.4 Å². The summed E-state index contributed by atoms with van der Waals surface area (Å²) in [5.41, 5.74) is 1.83. The van der Waals surface area contributed by atoms with Gasteiger partial charge >= 0.3 is 0 Å². The molecule has 0 spiro atoms. The van der Waals surface area contributed by atoms with Crippen molar-refractivity contribution in [1.29, 1.82) is 0 Å². The summed E-state index contributed by atoms with van der Waals surface area (Å²) in [6.45, 7) is 6.31. The number of rotatable bonds is 1. The van der Waals surface area contributed by atoms with E-state index in [1.807, 2.05) is 31.2 Å². The Balaban J connectivity index is 2.36. The van der Waals surface area contributed by atoms with E-state index in [0.29, 0.717) is 6.61 Å². The molecule has 0 unspecified atom stereocenters. The summed E-state index contributed by atoms with van der Waals surface area (Å²) in [4.78, 5) is 0. The molecule has 1 heterocycles. The van der Waals surface area contributed by atoms with Crippen molar-refractivity contribution < 1.29 is 9.84 Å². The number of aliphatic hydroxyl groups excluding tert-OH is 1. The van der Waals surface area contributed by atoms with Crippen molar-refractivity contribution in [3.05, 3.63) is 42.0 Å². The molecule has 1 aliphatic heterocycles. The van der Waals surface area contributed by atoms with Gasteiger partial charge in [0.2, 0.25) is 0 Å². The molecule has 14 heavy (non-hydrogen) atoms. The van der Waals surface area contributed by atoms with Crippen LogP contribution in [0.5, 0.6) is 5.75 Å². The molecule has 0 radical (unpaired) electrons. The minimum Gasteiger partial charge on any atom is -0.492 e. The molecule has 2 nitrogen and oxygen atoms in total. The second kappa shape index (κ2) is 3.46. The van der Waals surface area contributed by atoms with Crippen LogP contribution in [0.1, 0.15) is 18.6 Å². The van der Waals surface area contributed by atoms with E-state index in [-0.39, 0.29) is 5.92 Å². The molecule has 0 bridgehead atoms. The zero-order valence-electron chi connectivity index (χ0n) is 8.23. The van der Waals surface area contributed by atoms with Crippen molar-refractivity contribution in [2.75, 3.05) is 6.61 Å². The first-order valence-corrected chi connectivity index (χ1v) is 4.75. The molecule has 2 atom stereocenters. The highest BCUT2D eigenvalue weighted by atomic mass is 16.5. The largest absolute Gasteiger partial charge is 0.492 e. The lowest BCUT2D eigenvalue weighted by Crippen LogP contribution is -2.26. The molecule has 1 aliphatic rings. The maximum Gasteiger partial charge on any atom is 0.125 e. The fraction of sp³-hybridized carbons (Fsp3) is 0.333. The van der Waals surface area contributed by atoms with Gasteiger partial charge in [-0.25, -0.2) is 0 Å². The van der Waals surface area contributed by atoms with Crippen LogP contribution >= 0.6 is 0 Å². The lowest BCUT2D eigenvalue weighted by Gasteiger charge is -2.30. The monoisotopic (exact) mass is 190 g/mol. The lowest BCUT2D eigenvalue weighted by atomic mass is 9.89. The third-order valence-electron chi connectivity index (χ3n) is 2.67. The topological polar surface area (TPSA) is 29.5 Å². The Bertz CT molecular complexity index is 357. The summed E-state index contributed by atoms with van der Waals surface area (Å²) >= 11 is 0. The number of fused-ring (bicyclic) bond motifs is 1. The molecule has 1 aromatic carbocycles. The highest BCUT2D eigenvalue weighted by Gasteiger charge is 2.29. The number of aliphatic hydroxyl groups is 1. The van der Waals surface area contributed by atoms with Gasteiger partial charge in [-0.2, -0.15) is 0 Å². The quantitative estimate of drug-likeness (QED) is 0.688. The van der Waals surface area contributed by atoms with Crippen molar-refractivity contribution in [1.82, 2.24) is 0 Å². The first-order chi connectivity index (χ1) is 6.70. The zero-order valence-corrected chi connectivity index (χ0v) is 8.23. The molecular formula is C12H14O2. The predicted molar refractivity (Wildman–Crippen MR) is 55.2 cm³/mol. The molecular weight excluding hydrogens is 176 g/mol. The van der Waals surface area contributed by atoms with E-state index in [2.05, 4.69) is 6.58 Å². The lowest BCUT2D eigenvalue weighted by molar-refractivity contribution is 0.0692. The standard InChI is InChI=1S/C12H14O2/c1-8(2)10-7-14-11-6-4-3-5-9(11)12(10)13/h3-6,10,12-13H,1,7H2,2H3/t10-,12-/m0/s1. The van der Waals surface area contributed by atoms with Crippen LogP contribution in [0.4, 0.5) is 0 Å². The van der Waals surface area contributed by atoms with Gasteiger partial charge in [-0.05, 0) is 13.0 Å². The molecule has 0 saturated heterocycles. The van der Waals surface area contributed by atoms with Crippen molar-refractivity contribution in [3.63, 3.8) is 0 Å². The summed E-state index contributed by atoms with van der Waals surface area (Å²) < 4.78 is 5.55. The summed E-state index contributed by atoms with van der Waals surface area (Å²) in [5, 5.41) is 10.1. The highest BCUT2D eigenvalue weighted by Crippen LogP contribution is 2.37. The number of hydrogen-bond donors (Lipinski definition) is 1. The van der Waals surface area contributed by atoms with Crippen LogP contribution in [0.2, 0.25) is 0 Å². The number of ether oxygens (including phenoxy) is 1. The van der Waals surface area contributed by atoms with Gasteiger partial charge in [-0.1, -0.05) is 30.4 Å². The molecule has 0 fully saturated rings. The Labute approximate surface area is 83.8 Å². The van der Waals surface area contributed by atoms with Crippen molar-refractivity contribution in [2.45, 2.75) is 13.0 Å². The van der Waals surface area contributed by atoms with Crippen molar-refractivity contribution >= 4 is 0 Å². The third kappa shape index (κ3) is 1.42. The average Bonchev–Trinajstić information content (AvgIpc) is 2.18. The number of para-hydroxylation sites is 1. The van der Waals surface area contributed by atoms with E-state index in [9.17, 15) is 5.11 Å². The molecule has 74 valence electrons. The van der Waals surface area contributed by atoms with Gasteiger partial charge in [0.25, 0.3) is 0 Å². The van der Waals surface area contributed by atoms with E-state index in [1.54, 1.807) is 0 Å². The van der Waals surface area contributed by atoms with Gasteiger partial charge < -0.3 is 9.84 Å². The van der Waals surface area contributed by atoms with E-state index in [4.69, 9.17) is 4.74 Å². The second-order valence-electron chi connectivity index (χ2n) is 3.75. The average molecular weight is 190 g/mol. The van der Waals surface area contributed by atoms with E-state index < -0.39 is 6.10 Å². The molecule has 1 aromatic rings. The van der Waals surface area contributed by atoms with Crippen LogP contribution in [0.3, 0.4) is 0 Å². The molecule has 2 rings (SSSR count). The first-order valence-electron chi connectivity index (χ1n) is 4.75. The smallest absolute Gasteiger partial charge is 0.125 e. The maximum absolute atomic E-state index is 10.1. The van der Waals surface area contributed by atoms with Crippen LogP contribution in [-0.4, -0.2) is 11.7 Å². The van der Waals surface area contributed by atoms with Gasteiger partial charge in [0, 0.05) is 11.5 Å². The van der Waals surface area contributed by atoms with Crippen LogP contribution in [0, 0.1) is 5.92 Å². The zero-order chi connectivity index (χ0) is 10.1. The number of hydrogen-bond acceptors (Lipinski definition) is 2. The Morgan fingerprint density at radius 3 is 2.93 bits per heavy atom. The Morgan fingerprint density at radius 1 is 1.50 bits per heavy atom. The van der Waals surface area contributed by atoms with Crippen LogP contribution in [0.25, 0.3) is 0 Å². The molecule has 1 N–H and O–H groups in total. The third-order valence-corrected chi connectivity index (χ3v) is 2.67. The Kier molecular flexibility index (Phi) is 2.30. The Hall–Kier alpha value is -1.28. The summed E-state index contributed by atoms with van der Waals surface area (Å²) in [5.74, 6) is 0.808. The summed E-state index contributed by atoms with van der Waals surface area (Å²) in [7, 11) is 0. The second-order valence-corrected chi connectivity index (χ2v) is 3.75. The predicted octanol–water partition coefficient (Wildman–Crippen LogP) is 2.30. The SMILES string of the molecule is C=C(C)[C@@H]1COc2ccccc2[C@@H]1O. The normalized spacial score (nSPS) is 25.0. The molecule has 0 aromatic heterocycles. The minimum absolute atomic E-state index is 0.0184. The maximum atomic E-state index is 10.1. The van der Waals surface area contributed by atoms with Gasteiger partial charge in [0.05, 0.1) is 12.7 Å². The van der Waals surface area contributed by atoms with E-state index >= 15 is 0 Å². The van der Waals surface area contributed by atoms with Gasteiger partial charge in [0.15, 0.2) is 0 Å². The van der Waals surface area contributed by atoms with Crippen molar-refractivity contribution in [3.8, 4) is 5.75 Å². The van der Waals surface area contributed by atoms with Gasteiger partial charge in [-0.15, -0.1) is 0 Å². The summed E-state index contributed by atoms with van der Waals surface area (Å²) in [6.07, 6.45) is -0.475. The van der Waals surface area contributed by atoms with Gasteiger partial charge in [-0.3, -0.25) is 0 Å². The van der Waals surface area contributed by atoms with Crippen LogP contribution in [-0.2, 0) is 0 Å². The van der Waals surface area contributed by atoms with Crippen molar-refractivity contribution in [2.24, 2.45) is 5.92 Å². The minimum atomic E-state index is -0.475. The first kappa shape index (κ1) is 9.28. The highest BCUT2D eigenvalue weighted by molar-refractivity contribution is 5.38. The number of benzene rings is 1. The van der Waals surface area contributed by atoms with Gasteiger partial charge in [0.1, 0.15) is 5.75 Å². The van der Waals surface area contributed by atoms with E-state index in [0.717, 1.165) is 16.9 Å². The van der Waals surface area contributed by atoms with Crippen LogP contribution < -0.4 is 4.74 Å². The fourth-order valence-electron chi connectivity index (χ4n) is 1.76. The van der Waals surface area contributed by atoms with E-state index in [1.165, 1.54) is 0 Å².